The van der Waals surface area contributed by atoms with Gasteiger partial charge in [-0.05, 0) is 0 Å². The zero-order valence-corrected chi connectivity index (χ0v) is 11.4. The highest BCUT2D eigenvalue weighted by atomic mass is 32.2. The van der Waals surface area contributed by atoms with Crippen molar-refractivity contribution in [3.05, 3.63) is 20.2 Å². The third-order valence-corrected chi connectivity index (χ3v) is 4.13. The summed E-state index contributed by atoms with van der Waals surface area (Å²) in [6.07, 6.45) is -1.13. The first-order valence-electron chi connectivity index (χ1n) is 5.62. The van der Waals surface area contributed by atoms with E-state index in [0.717, 1.165) is 0 Å². The Hall–Kier alpha value is -1.83. The van der Waals surface area contributed by atoms with Gasteiger partial charge < -0.3 is 0 Å². The van der Waals surface area contributed by atoms with E-state index in [-0.39, 0.29) is 0 Å². The van der Waals surface area contributed by atoms with Crippen LogP contribution in [0.2, 0.25) is 0 Å². The summed E-state index contributed by atoms with van der Waals surface area (Å²) in [5, 5.41) is 21.3. The lowest BCUT2D eigenvalue weighted by atomic mass is 10.0. The molecule has 1 rings (SSSR count). The lowest BCUT2D eigenvalue weighted by Gasteiger charge is -2.09. The van der Waals surface area contributed by atoms with Gasteiger partial charge >= 0.3 is 15.6 Å². The molecule has 10 nitrogen and oxygen atoms in total. The van der Waals surface area contributed by atoms with Crippen molar-refractivity contribution in [1.29, 1.82) is 0 Å². The summed E-state index contributed by atoms with van der Waals surface area (Å²) < 4.78 is 60.7. The van der Waals surface area contributed by atoms with Crippen molar-refractivity contribution in [3.63, 3.8) is 0 Å². The third-order valence-electron chi connectivity index (χ3n) is 3.13. The molecule has 0 aromatic heterocycles. The standard InChI is InChI=1S/C8H9F3N2O8S/c9-8(10,11)22(19,20)21-3-7(14)4-1-5(12(15)16)6(2-4)13(17)18/h4-6H,1-3H2. The first-order valence-corrected chi connectivity index (χ1v) is 7.03. The average molecular weight is 350 g/mol. The van der Waals surface area contributed by atoms with Gasteiger partial charge in [-0.2, -0.15) is 21.6 Å². The first-order chi connectivity index (χ1) is 9.86. The Bertz CT molecular complexity index is 567. The zero-order chi connectivity index (χ0) is 17.3. The fourth-order valence-corrected chi connectivity index (χ4v) is 2.43. The number of Topliss-reactive ketones (excluding diaryl/α,β-unsaturated/α-hetero) is 1. The third kappa shape index (κ3) is 3.88. The van der Waals surface area contributed by atoms with E-state index in [1.807, 2.05) is 0 Å². The largest absolute Gasteiger partial charge is 0.523 e. The number of hydrogen-bond donors (Lipinski definition) is 0. The van der Waals surface area contributed by atoms with Crippen molar-refractivity contribution >= 4 is 15.9 Å². The van der Waals surface area contributed by atoms with Gasteiger partial charge in [-0.25, -0.2) is 0 Å². The van der Waals surface area contributed by atoms with Crippen molar-refractivity contribution < 1.29 is 40.4 Å². The fraction of sp³-hybridized carbons (Fsp3) is 0.875. The molecule has 0 saturated heterocycles. The first kappa shape index (κ1) is 18.2. The van der Waals surface area contributed by atoms with Gasteiger partial charge in [-0.1, -0.05) is 0 Å². The number of ketones is 1. The van der Waals surface area contributed by atoms with Crippen molar-refractivity contribution in [3.8, 4) is 0 Å². The van der Waals surface area contributed by atoms with E-state index in [0.29, 0.717) is 0 Å². The number of halogens is 3. The van der Waals surface area contributed by atoms with Gasteiger partial charge in [-0.3, -0.25) is 29.2 Å². The molecule has 2 unspecified atom stereocenters. The lowest BCUT2D eigenvalue weighted by molar-refractivity contribution is -0.611. The van der Waals surface area contributed by atoms with E-state index in [1.165, 1.54) is 0 Å². The van der Waals surface area contributed by atoms with Crippen molar-refractivity contribution in [2.24, 2.45) is 5.92 Å². The SMILES string of the molecule is O=C(COS(=O)(=O)C(F)(F)F)C1CC([N+](=O)[O-])C([N+](=O)[O-])C1. The molecule has 14 heteroatoms. The fourth-order valence-electron chi connectivity index (χ4n) is 2.03. The van der Waals surface area contributed by atoms with Crippen LogP contribution in [-0.4, -0.2) is 48.2 Å². The molecule has 0 heterocycles. The Labute approximate surface area is 120 Å². The predicted octanol–water partition coefficient (Wildman–Crippen LogP) is 0.122. The van der Waals surface area contributed by atoms with E-state index in [4.69, 9.17) is 0 Å². The van der Waals surface area contributed by atoms with Gasteiger partial charge in [0.2, 0.25) is 0 Å². The summed E-state index contributed by atoms with van der Waals surface area (Å²) in [6, 6.07) is -3.33. The number of carbonyl (C=O) groups excluding carboxylic acids is 1. The van der Waals surface area contributed by atoms with Crippen LogP contribution < -0.4 is 0 Å². The van der Waals surface area contributed by atoms with Crippen LogP contribution in [0.4, 0.5) is 13.2 Å². The Kier molecular flexibility index (Phi) is 5.06. The molecule has 0 spiro atoms. The Morgan fingerprint density at radius 1 is 1.14 bits per heavy atom. The average Bonchev–Trinajstić information content (AvgIpc) is 2.79. The highest BCUT2D eigenvalue weighted by Crippen LogP contribution is 2.31. The minimum atomic E-state index is -5.97. The van der Waals surface area contributed by atoms with Gasteiger partial charge in [0.15, 0.2) is 5.78 Å². The van der Waals surface area contributed by atoms with Gasteiger partial charge in [0.05, 0.1) is 0 Å². The summed E-state index contributed by atoms with van der Waals surface area (Å²) in [6.45, 7) is -1.48. The summed E-state index contributed by atoms with van der Waals surface area (Å²) in [5.41, 5.74) is -5.71. The molecule has 0 N–H and O–H groups in total. The molecular weight excluding hydrogens is 341 g/mol. The molecule has 2 atom stereocenters. The number of nitrogens with zero attached hydrogens (tertiary/aromatic N) is 2. The maximum atomic E-state index is 12.0. The van der Waals surface area contributed by atoms with Gasteiger partial charge in [0.25, 0.3) is 12.1 Å². The molecule has 1 saturated carbocycles. The molecule has 0 radical (unpaired) electrons. The molecule has 1 fully saturated rings. The summed E-state index contributed by atoms with van der Waals surface area (Å²) in [5.74, 6) is -2.49. The van der Waals surface area contributed by atoms with Crippen LogP contribution in [0.25, 0.3) is 0 Å². The topological polar surface area (TPSA) is 147 Å². The summed E-state index contributed by atoms with van der Waals surface area (Å²) >= 11 is 0. The van der Waals surface area contributed by atoms with E-state index in [1.54, 1.807) is 0 Å². The summed E-state index contributed by atoms with van der Waals surface area (Å²) in [4.78, 5) is 30.9. The number of alkyl halides is 3. The number of nitro groups is 2. The zero-order valence-electron chi connectivity index (χ0n) is 10.6. The molecule has 1 aliphatic carbocycles. The molecule has 0 bridgehead atoms. The predicted molar refractivity (Wildman–Crippen MR) is 60.2 cm³/mol. The van der Waals surface area contributed by atoms with Crippen LogP contribution in [0.1, 0.15) is 12.8 Å². The van der Waals surface area contributed by atoms with Crippen LogP contribution in [0.5, 0.6) is 0 Å². The molecule has 1 aliphatic rings. The number of rotatable bonds is 6. The second kappa shape index (κ2) is 6.12. The summed E-state index contributed by atoms with van der Waals surface area (Å²) in [7, 11) is -5.97. The molecule has 22 heavy (non-hydrogen) atoms. The van der Waals surface area contributed by atoms with Gasteiger partial charge in [0.1, 0.15) is 6.61 Å². The maximum absolute atomic E-state index is 12.0. The minimum Gasteiger partial charge on any atom is -0.297 e. The van der Waals surface area contributed by atoms with E-state index < -0.39 is 68.7 Å². The Morgan fingerprint density at radius 2 is 1.55 bits per heavy atom. The van der Waals surface area contributed by atoms with Crippen molar-refractivity contribution in [1.82, 2.24) is 0 Å². The van der Waals surface area contributed by atoms with Gasteiger partial charge in [0, 0.05) is 28.6 Å². The maximum Gasteiger partial charge on any atom is 0.523 e. The molecule has 0 aliphatic heterocycles. The number of carbonyl (C=O) groups is 1. The molecule has 0 amide bonds. The quantitative estimate of drug-likeness (QED) is 0.284. The van der Waals surface area contributed by atoms with E-state index in [2.05, 4.69) is 4.18 Å². The molecule has 0 aromatic rings. The second-order valence-corrected chi connectivity index (χ2v) is 6.11. The van der Waals surface area contributed by atoms with Crippen LogP contribution in [-0.2, 0) is 19.1 Å². The highest BCUT2D eigenvalue weighted by molar-refractivity contribution is 7.87. The second-order valence-electron chi connectivity index (χ2n) is 4.50. The Morgan fingerprint density at radius 3 is 1.86 bits per heavy atom. The van der Waals surface area contributed by atoms with Crippen LogP contribution >= 0.6 is 0 Å². The smallest absolute Gasteiger partial charge is 0.297 e. The normalized spacial score (nSPS) is 25.9. The van der Waals surface area contributed by atoms with Crippen LogP contribution in [0.3, 0.4) is 0 Å². The monoisotopic (exact) mass is 350 g/mol. The van der Waals surface area contributed by atoms with Crippen LogP contribution in [0, 0.1) is 26.1 Å². The van der Waals surface area contributed by atoms with E-state index in [9.17, 15) is 46.6 Å². The van der Waals surface area contributed by atoms with Crippen molar-refractivity contribution in [2.45, 2.75) is 30.4 Å². The van der Waals surface area contributed by atoms with Crippen LogP contribution in [0.15, 0.2) is 0 Å². The highest BCUT2D eigenvalue weighted by Gasteiger charge is 2.53. The Balaban J connectivity index is 2.72. The molecule has 126 valence electrons. The molecular formula is C8H9F3N2O8S. The van der Waals surface area contributed by atoms with Crippen molar-refractivity contribution in [2.75, 3.05) is 6.61 Å². The lowest BCUT2D eigenvalue weighted by Crippen LogP contribution is -2.34. The number of hydrogen-bond acceptors (Lipinski definition) is 8. The van der Waals surface area contributed by atoms with E-state index >= 15 is 0 Å². The minimum absolute atomic E-state index is 0.563. The molecule has 0 aromatic carbocycles. The van der Waals surface area contributed by atoms with Gasteiger partial charge in [-0.15, -0.1) is 0 Å².